The fraction of sp³-hybridized carbons (Fsp3) is 0. The topological polar surface area (TPSA) is 63.4 Å². The average molecular weight is 344 g/mol. The number of hydrogen-bond acceptors (Lipinski definition) is 2. The van der Waals surface area contributed by atoms with Crippen LogP contribution in [0.1, 0.15) is 0 Å². The summed E-state index contributed by atoms with van der Waals surface area (Å²) in [7, 11) is 0. The Morgan fingerprint density at radius 1 is 0.882 bits per heavy atom. The SMILES string of the molecule is O=[N+]([O-])O.c1ccc([I-]c2ccccc2)cc1. The van der Waals surface area contributed by atoms with Crippen LogP contribution in [-0.4, -0.2) is 10.3 Å². The predicted molar refractivity (Wildman–Crippen MR) is 59.1 cm³/mol. The van der Waals surface area contributed by atoms with Gasteiger partial charge in [-0.25, -0.2) is 0 Å². The van der Waals surface area contributed by atoms with Crippen LogP contribution in [0, 0.1) is 17.3 Å². The van der Waals surface area contributed by atoms with Gasteiger partial charge in [0.05, 0.1) is 0 Å². The van der Waals surface area contributed by atoms with E-state index in [2.05, 4.69) is 60.7 Å². The minimum absolute atomic E-state index is 0.0287. The van der Waals surface area contributed by atoms with Gasteiger partial charge in [-0.1, -0.05) is 0 Å². The Morgan fingerprint density at radius 3 is 1.47 bits per heavy atom. The van der Waals surface area contributed by atoms with E-state index in [0.717, 1.165) is 0 Å². The molecule has 90 valence electrons. The Morgan fingerprint density at radius 2 is 1.18 bits per heavy atom. The molecule has 1 N–H and O–H groups in total. The molecule has 2 aromatic rings. The number of hydrogen-bond donors (Lipinski definition) is 1. The summed E-state index contributed by atoms with van der Waals surface area (Å²) in [6.45, 7) is 0. The van der Waals surface area contributed by atoms with Crippen molar-refractivity contribution in [2.45, 2.75) is 0 Å². The molecule has 0 saturated heterocycles. The van der Waals surface area contributed by atoms with Gasteiger partial charge in [0.15, 0.2) is 0 Å². The zero-order valence-corrected chi connectivity index (χ0v) is 11.0. The molecule has 0 aliphatic rings. The Balaban J connectivity index is 0.000000317. The average Bonchev–Trinajstić information content (AvgIpc) is 2.31. The van der Waals surface area contributed by atoms with Gasteiger partial charge in [-0.3, -0.25) is 0 Å². The molecular weight excluding hydrogens is 333 g/mol. The van der Waals surface area contributed by atoms with Gasteiger partial charge < -0.3 is 5.21 Å². The molecular formula is C12H11INO3-. The first kappa shape index (κ1) is 13.4. The first-order chi connectivity index (χ1) is 8.18. The summed E-state index contributed by atoms with van der Waals surface area (Å²) in [5.41, 5.74) is 0. The van der Waals surface area contributed by atoms with Crippen LogP contribution in [0.5, 0.6) is 0 Å². The van der Waals surface area contributed by atoms with Crippen molar-refractivity contribution in [1.82, 2.24) is 0 Å². The van der Waals surface area contributed by atoms with Gasteiger partial charge in [0.1, 0.15) is 0 Å². The zero-order valence-electron chi connectivity index (χ0n) is 8.86. The van der Waals surface area contributed by atoms with E-state index in [9.17, 15) is 0 Å². The van der Waals surface area contributed by atoms with E-state index < -0.39 is 5.09 Å². The summed E-state index contributed by atoms with van der Waals surface area (Å²) < 4.78 is 2.96. The van der Waals surface area contributed by atoms with Crippen molar-refractivity contribution >= 4 is 0 Å². The van der Waals surface area contributed by atoms with Crippen LogP contribution in [0.4, 0.5) is 0 Å². The summed E-state index contributed by atoms with van der Waals surface area (Å²) in [5.74, 6) is 0. The predicted octanol–water partition coefficient (Wildman–Crippen LogP) is -0.533. The molecule has 0 aromatic heterocycles. The van der Waals surface area contributed by atoms with Crippen molar-refractivity contribution in [3.8, 4) is 0 Å². The summed E-state index contributed by atoms with van der Waals surface area (Å²) in [6.07, 6.45) is 0. The van der Waals surface area contributed by atoms with Gasteiger partial charge in [0.2, 0.25) is 0 Å². The first-order valence-corrected chi connectivity index (χ1v) is 6.92. The van der Waals surface area contributed by atoms with Gasteiger partial charge in [0, 0.05) is 0 Å². The molecule has 4 nitrogen and oxygen atoms in total. The molecule has 0 aliphatic carbocycles. The molecule has 5 heteroatoms. The monoisotopic (exact) mass is 344 g/mol. The number of nitrogens with zero attached hydrogens (tertiary/aromatic N) is 1. The molecule has 0 atom stereocenters. The van der Waals surface area contributed by atoms with E-state index in [1.54, 1.807) is 0 Å². The fourth-order valence-corrected chi connectivity index (χ4v) is 3.35. The molecule has 0 heterocycles. The summed E-state index contributed by atoms with van der Waals surface area (Å²) in [6, 6.07) is 21.4. The number of halogens is 1. The van der Waals surface area contributed by atoms with E-state index >= 15 is 0 Å². The van der Waals surface area contributed by atoms with E-state index in [1.165, 1.54) is 7.14 Å². The molecule has 0 aliphatic heterocycles. The van der Waals surface area contributed by atoms with Crippen LogP contribution in [0.2, 0.25) is 0 Å². The van der Waals surface area contributed by atoms with Gasteiger partial charge in [0.25, 0.3) is 5.09 Å². The zero-order chi connectivity index (χ0) is 12.5. The minimum atomic E-state index is -1.50. The molecule has 2 aromatic carbocycles. The van der Waals surface area contributed by atoms with Crippen LogP contribution >= 0.6 is 0 Å². The molecule has 17 heavy (non-hydrogen) atoms. The maximum atomic E-state index is 8.36. The van der Waals surface area contributed by atoms with Crippen molar-refractivity contribution < 1.29 is 31.5 Å². The normalized spacial score (nSPS) is 9.18. The van der Waals surface area contributed by atoms with Crippen LogP contribution < -0.4 is 21.2 Å². The molecule has 2 rings (SSSR count). The third kappa shape index (κ3) is 6.52. The Labute approximate surface area is 109 Å². The van der Waals surface area contributed by atoms with E-state index in [-0.39, 0.29) is 21.2 Å². The Kier molecular flexibility index (Phi) is 6.02. The Bertz CT molecular complexity index is 406. The van der Waals surface area contributed by atoms with Crippen molar-refractivity contribution in [3.05, 3.63) is 77.9 Å². The summed E-state index contributed by atoms with van der Waals surface area (Å²) >= 11 is 0.0287. The van der Waals surface area contributed by atoms with Crippen molar-refractivity contribution in [2.75, 3.05) is 0 Å². The Hall–Kier alpha value is -1.63. The van der Waals surface area contributed by atoms with E-state index in [1.807, 2.05) is 0 Å². The quantitative estimate of drug-likeness (QED) is 0.453. The molecule has 0 fully saturated rings. The fourth-order valence-electron chi connectivity index (χ4n) is 1.08. The molecule has 0 unspecified atom stereocenters. The third-order valence-electron chi connectivity index (χ3n) is 1.68. The second kappa shape index (κ2) is 7.61. The van der Waals surface area contributed by atoms with E-state index in [4.69, 9.17) is 15.3 Å². The first-order valence-electron chi connectivity index (χ1n) is 4.76. The van der Waals surface area contributed by atoms with Crippen molar-refractivity contribution in [3.63, 3.8) is 0 Å². The summed E-state index contributed by atoms with van der Waals surface area (Å²) in [4.78, 5) is 8.36. The number of benzene rings is 2. The molecule has 0 amide bonds. The molecule has 0 saturated carbocycles. The van der Waals surface area contributed by atoms with Crippen LogP contribution in [0.25, 0.3) is 0 Å². The third-order valence-corrected chi connectivity index (χ3v) is 4.37. The second-order valence-corrected chi connectivity index (χ2v) is 5.95. The van der Waals surface area contributed by atoms with Crippen LogP contribution in [0.3, 0.4) is 0 Å². The molecule has 0 radical (unpaired) electrons. The van der Waals surface area contributed by atoms with Crippen molar-refractivity contribution in [2.24, 2.45) is 0 Å². The second-order valence-electron chi connectivity index (χ2n) is 2.92. The van der Waals surface area contributed by atoms with Gasteiger partial charge in [-0.2, -0.15) is 0 Å². The van der Waals surface area contributed by atoms with Gasteiger partial charge in [-0.05, 0) is 0 Å². The maximum absolute atomic E-state index is 8.36. The number of rotatable bonds is 2. The van der Waals surface area contributed by atoms with Crippen LogP contribution in [0.15, 0.2) is 60.7 Å². The molecule has 0 spiro atoms. The molecule has 0 bridgehead atoms. The van der Waals surface area contributed by atoms with Gasteiger partial charge >= 0.3 is 89.0 Å². The van der Waals surface area contributed by atoms with Crippen molar-refractivity contribution in [1.29, 1.82) is 0 Å². The standard InChI is InChI=1S/C12H10I.HNO3/c1-3-7-11(8-4-1)13-12-9-5-2-6-10-12;2-1(3)4/h1-10H;(H,2,3,4)/q-1;. The van der Waals surface area contributed by atoms with E-state index in [0.29, 0.717) is 0 Å². The van der Waals surface area contributed by atoms with Crippen LogP contribution in [-0.2, 0) is 0 Å². The van der Waals surface area contributed by atoms with Gasteiger partial charge in [-0.15, -0.1) is 10.1 Å². The summed E-state index contributed by atoms with van der Waals surface area (Å²) in [5, 5.41) is 13.6.